The Hall–Kier alpha value is -2.47. The summed E-state index contributed by atoms with van der Waals surface area (Å²) in [5, 5.41) is 2.40. The monoisotopic (exact) mass is 391 g/mol. The van der Waals surface area contributed by atoms with Crippen molar-refractivity contribution >= 4 is 19.5 Å². The number of carbonyl (C=O) groups excluding carboxylic acids is 2. The molecule has 0 aromatic heterocycles. The first-order chi connectivity index (χ1) is 12.8. The van der Waals surface area contributed by atoms with Crippen LogP contribution in [0.25, 0.3) is 0 Å². The van der Waals surface area contributed by atoms with Crippen LogP contribution in [-0.4, -0.2) is 34.4 Å². The number of hydrogen-bond acceptors (Lipinski definition) is 4. The summed E-state index contributed by atoms with van der Waals surface area (Å²) < 4.78 is 16.4. The predicted octanol–water partition coefficient (Wildman–Crippen LogP) is 1.88. The van der Waals surface area contributed by atoms with Crippen LogP contribution in [0.4, 0.5) is 0 Å². The van der Waals surface area contributed by atoms with Gasteiger partial charge in [0.15, 0.2) is 0 Å². The Kier molecular flexibility index (Phi) is 7.73. The summed E-state index contributed by atoms with van der Waals surface area (Å²) in [7, 11) is -4.39. The summed E-state index contributed by atoms with van der Waals surface area (Å²) in [6.45, 7) is -0.274. The van der Waals surface area contributed by atoms with Crippen molar-refractivity contribution in [2.45, 2.75) is 13.0 Å². The van der Waals surface area contributed by atoms with E-state index in [1.165, 1.54) is 0 Å². The van der Waals surface area contributed by atoms with E-state index in [0.29, 0.717) is 0 Å². The number of carbonyl (C=O) groups is 2. The molecule has 3 N–H and O–H groups in total. The maximum Gasteiger partial charge on any atom is 0.326 e. The Morgan fingerprint density at radius 3 is 2.07 bits per heavy atom. The highest BCUT2D eigenvalue weighted by Gasteiger charge is 2.28. The van der Waals surface area contributed by atoms with Gasteiger partial charge < -0.3 is 19.8 Å². The molecule has 0 aliphatic heterocycles. The molecule has 0 radical (unpaired) electrons. The molecule has 8 heteroatoms. The average Bonchev–Trinajstić information content (AvgIpc) is 2.64. The first-order valence-electron chi connectivity index (χ1n) is 8.39. The summed E-state index contributed by atoms with van der Waals surface area (Å²) >= 11 is 0. The number of rotatable bonds is 9. The van der Waals surface area contributed by atoms with E-state index in [2.05, 4.69) is 5.32 Å². The number of amides is 1. The van der Waals surface area contributed by atoms with Gasteiger partial charge in [0, 0.05) is 0 Å². The first kappa shape index (κ1) is 20.8. The van der Waals surface area contributed by atoms with Crippen molar-refractivity contribution in [1.82, 2.24) is 5.32 Å². The standard InChI is InChI=1S/C19H22NO6P/c21-18(26-13-16-9-5-2-6-10-16)12-20-19(22)17(14-27(23,24)25)11-15-7-3-1-4-8-15/h1-10,17H,11-14H2,(H,20,22)(H2,23,24,25). The maximum absolute atomic E-state index is 12.3. The van der Waals surface area contributed by atoms with Gasteiger partial charge in [0.1, 0.15) is 13.2 Å². The van der Waals surface area contributed by atoms with E-state index in [1.807, 2.05) is 36.4 Å². The van der Waals surface area contributed by atoms with E-state index in [-0.39, 0.29) is 19.6 Å². The number of nitrogens with one attached hydrogen (secondary N) is 1. The van der Waals surface area contributed by atoms with Crippen molar-refractivity contribution in [3.8, 4) is 0 Å². The van der Waals surface area contributed by atoms with Gasteiger partial charge in [0.25, 0.3) is 0 Å². The van der Waals surface area contributed by atoms with Gasteiger partial charge in [-0.15, -0.1) is 0 Å². The zero-order valence-electron chi connectivity index (χ0n) is 14.7. The number of esters is 1. The Morgan fingerprint density at radius 2 is 1.52 bits per heavy atom. The lowest BCUT2D eigenvalue weighted by molar-refractivity contribution is -0.145. The molecule has 0 fully saturated rings. The lowest BCUT2D eigenvalue weighted by Crippen LogP contribution is -2.37. The number of hydrogen-bond donors (Lipinski definition) is 3. The molecule has 1 atom stereocenters. The Morgan fingerprint density at radius 1 is 0.963 bits per heavy atom. The van der Waals surface area contributed by atoms with Gasteiger partial charge in [-0.05, 0) is 17.5 Å². The zero-order chi connectivity index (χ0) is 19.7. The molecule has 0 aliphatic rings. The van der Waals surface area contributed by atoms with E-state index < -0.39 is 31.6 Å². The van der Waals surface area contributed by atoms with Gasteiger partial charge in [-0.2, -0.15) is 0 Å². The van der Waals surface area contributed by atoms with Crippen LogP contribution < -0.4 is 5.32 Å². The third-order valence-corrected chi connectivity index (χ3v) is 4.72. The Balaban J connectivity index is 1.88. The molecule has 1 unspecified atom stereocenters. The van der Waals surface area contributed by atoms with Gasteiger partial charge in [0.2, 0.25) is 5.91 Å². The van der Waals surface area contributed by atoms with Crippen molar-refractivity contribution in [1.29, 1.82) is 0 Å². The second-order valence-electron chi connectivity index (χ2n) is 6.10. The maximum atomic E-state index is 12.3. The molecule has 7 nitrogen and oxygen atoms in total. The van der Waals surface area contributed by atoms with Gasteiger partial charge in [-0.25, -0.2) is 0 Å². The van der Waals surface area contributed by atoms with Crippen LogP contribution >= 0.6 is 7.60 Å². The summed E-state index contributed by atoms with van der Waals surface area (Å²) in [6.07, 6.45) is -0.427. The Bertz CT molecular complexity index is 790. The largest absolute Gasteiger partial charge is 0.460 e. The minimum absolute atomic E-state index is 0.0888. The van der Waals surface area contributed by atoms with Crippen LogP contribution in [0.1, 0.15) is 11.1 Å². The normalized spacial score (nSPS) is 12.2. The lowest BCUT2D eigenvalue weighted by atomic mass is 10.0. The fraction of sp³-hybridized carbons (Fsp3) is 0.263. The van der Waals surface area contributed by atoms with E-state index in [0.717, 1.165) is 11.1 Å². The number of ether oxygens (including phenoxy) is 1. The average molecular weight is 391 g/mol. The second-order valence-corrected chi connectivity index (χ2v) is 7.79. The number of benzene rings is 2. The van der Waals surface area contributed by atoms with Gasteiger partial charge in [0.05, 0.1) is 12.1 Å². The highest BCUT2D eigenvalue weighted by molar-refractivity contribution is 7.51. The predicted molar refractivity (Wildman–Crippen MR) is 99.8 cm³/mol. The van der Waals surface area contributed by atoms with Crippen molar-refractivity contribution in [2.24, 2.45) is 5.92 Å². The van der Waals surface area contributed by atoms with Gasteiger partial charge in [-0.3, -0.25) is 14.2 Å². The molecule has 0 aliphatic carbocycles. The topological polar surface area (TPSA) is 113 Å². The quantitative estimate of drug-likeness (QED) is 0.444. The molecule has 0 spiro atoms. The molecular weight excluding hydrogens is 369 g/mol. The van der Waals surface area contributed by atoms with Crippen LogP contribution in [0.2, 0.25) is 0 Å². The first-order valence-corrected chi connectivity index (χ1v) is 10.2. The van der Waals surface area contributed by atoms with Crippen LogP contribution in [0.5, 0.6) is 0 Å². The lowest BCUT2D eigenvalue weighted by Gasteiger charge is -2.17. The summed E-state index contributed by atoms with van der Waals surface area (Å²) in [6, 6.07) is 18.0. The van der Waals surface area contributed by atoms with Gasteiger partial charge >= 0.3 is 13.6 Å². The highest BCUT2D eigenvalue weighted by Crippen LogP contribution is 2.37. The Labute approximate surface area is 157 Å². The summed E-state index contributed by atoms with van der Waals surface area (Å²) in [4.78, 5) is 42.6. The van der Waals surface area contributed by atoms with Gasteiger partial charge in [-0.1, -0.05) is 60.7 Å². The smallest absolute Gasteiger partial charge is 0.326 e. The molecule has 27 heavy (non-hydrogen) atoms. The summed E-state index contributed by atoms with van der Waals surface area (Å²) in [5.41, 5.74) is 1.60. The molecule has 2 aromatic carbocycles. The van der Waals surface area contributed by atoms with Crippen LogP contribution in [0.15, 0.2) is 60.7 Å². The van der Waals surface area contributed by atoms with E-state index >= 15 is 0 Å². The van der Waals surface area contributed by atoms with Crippen molar-refractivity contribution in [3.63, 3.8) is 0 Å². The minimum atomic E-state index is -4.39. The van der Waals surface area contributed by atoms with Crippen molar-refractivity contribution in [3.05, 3.63) is 71.8 Å². The molecule has 2 aromatic rings. The molecule has 0 bridgehead atoms. The molecular formula is C19H22NO6P. The molecule has 0 saturated carbocycles. The molecule has 144 valence electrons. The third kappa shape index (κ3) is 8.17. The van der Waals surface area contributed by atoms with E-state index in [4.69, 9.17) is 4.74 Å². The molecule has 0 saturated heterocycles. The van der Waals surface area contributed by atoms with Crippen LogP contribution in [0, 0.1) is 5.92 Å². The van der Waals surface area contributed by atoms with Crippen LogP contribution in [0.3, 0.4) is 0 Å². The molecule has 0 heterocycles. The molecule has 1 amide bonds. The van der Waals surface area contributed by atoms with E-state index in [9.17, 15) is 23.9 Å². The molecule has 2 rings (SSSR count). The van der Waals surface area contributed by atoms with Crippen molar-refractivity contribution < 1.29 is 28.7 Å². The van der Waals surface area contributed by atoms with Crippen molar-refractivity contribution in [2.75, 3.05) is 12.7 Å². The third-order valence-electron chi connectivity index (χ3n) is 3.80. The second kappa shape index (κ2) is 10.0. The SMILES string of the molecule is O=C(CNC(=O)C(Cc1ccccc1)CP(=O)(O)O)OCc1ccccc1. The summed E-state index contributed by atoms with van der Waals surface area (Å²) in [5.74, 6) is -2.17. The minimum Gasteiger partial charge on any atom is -0.460 e. The fourth-order valence-electron chi connectivity index (χ4n) is 2.52. The highest BCUT2D eigenvalue weighted by atomic mass is 31.2. The fourth-order valence-corrected chi connectivity index (χ4v) is 3.39. The zero-order valence-corrected chi connectivity index (χ0v) is 15.5. The van der Waals surface area contributed by atoms with Crippen LogP contribution in [-0.2, 0) is 31.9 Å². The van der Waals surface area contributed by atoms with E-state index in [1.54, 1.807) is 24.3 Å².